The van der Waals surface area contributed by atoms with Gasteiger partial charge in [0.25, 0.3) is 0 Å². The van der Waals surface area contributed by atoms with E-state index in [1.165, 1.54) is 36.4 Å². The molecule has 2 aromatic rings. The minimum atomic E-state index is -4.47. The average molecular weight is 270 g/mol. The normalized spacial score (nSPS) is 11.4. The highest BCUT2D eigenvalue weighted by Gasteiger charge is 2.33. The van der Waals surface area contributed by atoms with Gasteiger partial charge in [0.15, 0.2) is 0 Å². The summed E-state index contributed by atoms with van der Waals surface area (Å²) in [6.07, 6.45) is -4.47. The zero-order valence-electron chi connectivity index (χ0n) is 9.75. The molecule has 0 unspecified atom stereocenters. The van der Waals surface area contributed by atoms with Crippen LogP contribution in [0.25, 0.3) is 0 Å². The van der Waals surface area contributed by atoms with Crippen LogP contribution in [-0.2, 0) is 12.8 Å². The highest BCUT2D eigenvalue weighted by atomic mass is 19.4. The molecular formula is C14H10F4O. The van der Waals surface area contributed by atoms with E-state index < -0.39 is 17.6 Å². The van der Waals surface area contributed by atoms with Crippen molar-refractivity contribution in [3.8, 4) is 5.75 Å². The molecule has 0 amide bonds. The molecule has 0 saturated heterocycles. The molecule has 0 N–H and O–H groups in total. The Morgan fingerprint density at radius 1 is 0.947 bits per heavy atom. The van der Waals surface area contributed by atoms with Crippen LogP contribution >= 0.6 is 0 Å². The Hall–Kier alpha value is -2.04. The van der Waals surface area contributed by atoms with Crippen molar-refractivity contribution in [2.75, 3.05) is 0 Å². The van der Waals surface area contributed by atoms with Gasteiger partial charge in [0.05, 0.1) is 5.56 Å². The minimum absolute atomic E-state index is 0.120. The lowest BCUT2D eigenvalue weighted by Crippen LogP contribution is -2.08. The number of rotatable bonds is 3. The van der Waals surface area contributed by atoms with Gasteiger partial charge in [0, 0.05) is 0 Å². The molecule has 0 spiro atoms. The van der Waals surface area contributed by atoms with E-state index in [1.54, 1.807) is 6.07 Å². The molecule has 0 bridgehead atoms. The molecule has 0 aromatic heterocycles. The molecule has 2 aromatic carbocycles. The van der Waals surface area contributed by atoms with Gasteiger partial charge in [-0.25, -0.2) is 4.39 Å². The maximum Gasteiger partial charge on any atom is 0.419 e. The standard InChI is InChI=1S/C14H10F4O/c15-11-5-3-4-10(8-11)9-19-13-7-2-1-6-12(13)14(16,17)18/h1-8H,9H2. The highest BCUT2D eigenvalue weighted by Crippen LogP contribution is 2.36. The molecule has 5 heteroatoms. The van der Waals surface area contributed by atoms with Crippen molar-refractivity contribution in [1.82, 2.24) is 0 Å². The first kappa shape index (κ1) is 13.4. The second kappa shape index (κ2) is 5.30. The molecule has 19 heavy (non-hydrogen) atoms. The van der Waals surface area contributed by atoms with Crippen LogP contribution in [0.1, 0.15) is 11.1 Å². The van der Waals surface area contributed by atoms with Crippen LogP contribution in [0, 0.1) is 5.82 Å². The van der Waals surface area contributed by atoms with Crippen molar-refractivity contribution in [3.05, 3.63) is 65.5 Å². The number of ether oxygens (including phenoxy) is 1. The van der Waals surface area contributed by atoms with Crippen LogP contribution in [-0.4, -0.2) is 0 Å². The van der Waals surface area contributed by atoms with Gasteiger partial charge in [-0.2, -0.15) is 13.2 Å². The van der Waals surface area contributed by atoms with Crippen LogP contribution in [0.15, 0.2) is 48.5 Å². The van der Waals surface area contributed by atoms with E-state index in [4.69, 9.17) is 4.74 Å². The maximum absolute atomic E-state index is 12.9. The summed E-state index contributed by atoms with van der Waals surface area (Å²) in [6.45, 7) is -0.120. The average Bonchev–Trinajstić information content (AvgIpc) is 2.36. The van der Waals surface area contributed by atoms with E-state index in [0.717, 1.165) is 6.07 Å². The Kier molecular flexibility index (Phi) is 3.74. The van der Waals surface area contributed by atoms with E-state index in [9.17, 15) is 17.6 Å². The van der Waals surface area contributed by atoms with Crippen molar-refractivity contribution in [3.63, 3.8) is 0 Å². The molecule has 0 atom stereocenters. The molecule has 0 fully saturated rings. The predicted octanol–water partition coefficient (Wildman–Crippen LogP) is 4.42. The van der Waals surface area contributed by atoms with Crippen molar-refractivity contribution in [2.24, 2.45) is 0 Å². The number of hydrogen-bond acceptors (Lipinski definition) is 1. The third-order valence-electron chi connectivity index (χ3n) is 2.48. The van der Waals surface area contributed by atoms with Gasteiger partial charge in [-0.15, -0.1) is 0 Å². The smallest absolute Gasteiger partial charge is 0.419 e. The lowest BCUT2D eigenvalue weighted by Gasteiger charge is -2.13. The Morgan fingerprint density at radius 2 is 1.68 bits per heavy atom. The van der Waals surface area contributed by atoms with Gasteiger partial charge < -0.3 is 4.74 Å². The minimum Gasteiger partial charge on any atom is -0.488 e. The molecule has 0 aliphatic rings. The second-order valence-electron chi connectivity index (χ2n) is 3.91. The Morgan fingerprint density at radius 3 is 2.37 bits per heavy atom. The molecule has 0 aliphatic heterocycles. The highest BCUT2D eigenvalue weighted by molar-refractivity contribution is 5.35. The predicted molar refractivity (Wildman–Crippen MR) is 62.2 cm³/mol. The second-order valence-corrected chi connectivity index (χ2v) is 3.91. The summed E-state index contributed by atoms with van der Waals surface area (Å²) < 4.78 is 56.1. The van der Waals surface area contributed by atoms with E-state index >= 15 is 0 Å². The first-order chi connectivity index (χ1) is 8.97. The van der Waals surface area contributed by atoms with Crippen LogP contribution in [0.3, 0.4) is 0 Å². The number of hydrogen-bond donors (Lipinski definition) is 0. The number of benzene rings is 2. The SMILES string of the molecule is Fc1cccc(COc2ccccc2C(F)(F)F)c1. The quantitative estimate of drug-likeness (QED) is 0.750. The van der Waals surface area contributed by atoms with Gasteiger partial charge in [0.1, 0.15) is 18.2 Å². The van der Waals surface area contributed by atoms with E-state index in [0.29, 0.717) is 5.56 Å². The van der Waals surface area contributed by atoms with Gasteiger partial charge in [0.2, 0.25) is 0 Å². The zero-order valence-corrected chi connectivity index (χ0v) is 9.75. The third kappa shape index (κ3) is 3.47. The molecule has 2 rings (SSSR count). The summed E-state index contributed by atoms with van der Waals surface area (Å²) in [5, 5.41) is 0. The van der Waals surface area contributed by atoms with Gasteiger partial charge in [-0.1, -0.05) is 24.3 Å². The molecule has 0 saturated carbocycles. The Labute approximate surface area is 107 Å². The lowest BCUT2D eigenvalue weighted by atomic mass is 10.2. The topological polar surface area (TPSA) is 9.23 Å². The maximum atomic E-state index is 12.9. The Bertz CT molecular complexity index is 563. The van der Waals surface area contributed by atoms with Crippen LogP contribution in [0.5, 0.6) is 5.75 Å². The third-order valence-corrected chi connectivity index (χ3v) is 2.48. The van der Waals surface area contributed by atoms with Crippen molar-refractivity contribution >= 4 is 0 Å². The summed E-state index contributed by atoms with van der Waals surface area (Å²) in [4.78, 5) is 0. The molecule has 0 radical (unpaired) electrons. The summed E-state index contributed by atoms with van der Waals surface area (Å²) in [5.74, 6) is -0.718. The molecule has 0 heterocycles. The number of para-hydroxylation sites is 1. The van der Waals surface area contributed by atoms with Crippen molar-refractivity contribution < 1.29 is 22.3 Å². The van der Waals surface area contributed by atoms with E-state index in [-0.39, 0.29) is 12.4 Å². The largest absolute Gasteiger partial charge is 0.488 e. The van der Waals surface area contributed by atoms with Gasteiger partial charge in [-0.05, 0) is 29.8 Å². The van der Waals surface area contributed by atoms with E-state index in [2.05, 4.69) is 0 Å². The number of alkyl halides is 3. The zero-order chi connectivity index (χ0) is 13.9. The van der Waals surface area contributed by atoms with Crippen molar-refractivity contribution in [1.29, 1.82) is 0 Å². The van der Waals surface area contributed by atoms with Gasteiger partial charge in [-0.3, -0.25) is 0 Å². The van der Waals surface area contributed by atoms with Gasteiger partial charge >= 0.3 is 6.18 Å². The monoisotopic (exact) mass is 270 g/mol. The Balaban J connectivity index is 2.16. The molecule has 1 nitrogen and oxygen atoms in total. The van der Waals surface area contributed by atoms with Crippen LogP contribution in [0.4, 0.5) is 17.6 Å². The fraction of sp³-hybridized carbons (Fsp3) is 0.143. The van der Waals surface area contributed by atoms with E-state index in [1.807, 2.05) is 0 Å². The molecule has 100 valence electrons. The molecular weight excluding hydrogens is 260 g/mol. The summed E-state index contributed by atoms with van der Waals surface area (Å²) in [5.41, 5.74) is -0.372. The summed E-state index contributed by atoms with van der Waals surface area (Å²) in [7, 11) is 0. The van der Waals surface area contributed by atoms with Crippen LogP contribution < -0.4 is 4.74 Å². The summed E-state index contributed by atoms with van der Waals surface area (Å²) >= 11 is 0. The first-order valence-corrected chi connectivity index (χ1v) is 5.50. The fourth-order valence-electron chi connectivity index (χ4n) is 1.61. The fourth-order valence-corrected chi connectivity index (χ4v) is 1.61. The van der Waals surface area contributed by atoms with Crippen molar-refractivity contribution in [2.45, 2.75) is 12.8 Å². The summed E-state index contributed by atoms with van der Waals surface area (Å²) in [6, 6.07) is 10.5. The van der Waals surface area contributed by atoms with Crippen LogP contribution in [0.2, 0.25) is 0 Å². The first-order valence-electron chi connectivity index (χ1n) is 5.50. The lowest BCUT2D eigenvalue weighted by molar-refractivity contribution is -0.139. The molecule has 0 aliphatic carbocycles. The number of halogens is 4.